The third-order valence-corrected chi connectivity index (χ3v) is 5.87. The fraction of sp³-hybridized carbons (Fsp3) is 0.944. The Morgan fingerprint density at radius 1 is 1.09 bits per heavy atom. The Hall–Kier alpha value is -0.810. The topological polar surface area (TPSA) is 38.8 Å². The van der Waals surface area contributed by atoms with Gasteiger partial charge in [0.25, 0.3) is 0 Å². The molecule has 1 saturated carbocycles. The Labute approximate surface area is 142 Å². The summed E-state index contributed by atoms with van der Waals surface area (Å²) in [7, 11) is 6.32. The summed E-state index contributed by atoms with van der Waals surface area (Å²) in [6.07, 6.45) is 7.41. The highest BCUT2D eigenvalue weighted by atomic mass is 16.2. The summed E-state index contributed by atoms with van der Waals surface area (Å²) < 4.78 is 0. The van der Waals surface area contributed by atoms with Crippen LogP contribution >= 0.6 is 0 Å². The highest BCUT2D eigenvalue weighted by molar-refractivity contribution is 5.74. The fourth-order valence-corrected chi connectivity index (χ4v) is 3.83. The largest absolute Gasteiger partial charge is 0.335 e. The lowest BCUT2D eigenvalue weighted by Crippen LogP contribution is -2.49. The van der Waals surface area contributed by atoms with E-state index in [9.17, 15) is 4.79 Å². The zero-order valence-corrected chi connectivity index (χ0v) is 15.6. The van der Waals surface area contributed by atoms with Gasteiger partial charge in [0.15, 0.2) is 0 Å². The minimum atomic E-state index is 0.0977. The number of likely N-dealkylation sites (tertiary alicyclic amines) is 1. The van der Waals surface area contributed by atoms with Crippen LogP contribution in [0.5, 0.6) is 0 Å². The Balaban J connectivity index is 1.68. The molecule has 5 nitrogen and oxygen atoms in total. The van der Waals surface area contributed by atoms with Crippen molar-refractivity contribution in [2.45, 2.75) is 57.5 Å². The number of piperidine rings is 1. The summed E-state index contributed by atoms with van der Waals surface area (Å²) in [6, 6.07) is 1.13. The van der Waals surface area contributed by atoms with Gasteiger partial charge >= 0.3 is 6.03 Å². The second-order valence-electron chi connectivity index (χ2n) is 7.75. The summed E-state index contributed by atoms with van der Waals surface area (Å²) in [5.74, 6) is 0.614. The number of nitrogens with zero attached hydrogens (tertiary/aromatic N) is 3. The van der Waals surface area contributed by atoms with Gasteiger partial charge < -0.3 is 20.0 Å². The van der Waals surface area contributed by atoms with E-state index in [1.165, 1.54) is 45.2 Å². The average molecular weight is 325 g/mol. The summed E-state index contributed by atoms with van der Waals surface area (Å²) >= 11 is 0. The van der Waals surface area contributed by atoms with Crippen LogP contribution in [0.4, 0.5) is 4.79 Å². The predicted molar refractivity (Wildman–Crippen MR) is 95.7 cm³/mol. The van der Waals surface area contributed by atoms with Crippen LogP contribution in [0.15, 0.2) is 0 Å². The summed E-state index contributed by atoms with van der Waals surface area (Å²) in [5, 5.41) is 3.24. The minimum absolute atomic E-state index is 0.0977. The van der Waals surface area contributed by atoms with Crippen molar-refractivity contribution in [3.05, 3.63) is 0 Å². The molecule has 2 rings (SSSR count). The Bertz CT molecular complexity index is 368. The lowest BCUT2D eigenvalue weighted by molar-refractivity contribution is 0.133. The number of hydrogen-bond donors (Lipinski definition) is 1. The molecule has 0 unspecified atom stereocenters. The van der Waals surface area contributed by atoms with Gasteiger partial charge in [-0.05, 0) is 58.8 Å². The van der Waals surface area contributed by atoms with Gasteiger partial charge in [-0.15, -0.1) is 0 Å². The standard InChI is InChI=1S/C18H36N4O/c1-15-7-5-6-8-17(15)19-18(23)22(4)14-13-21(3)16-9-11-20(2)12-10-16/h15-17H,5-14H2,1-4H3,(H,19,23)/t15-,17+/m0/s1. The van der Waals surface area contributed by atoms with Gasteiger partial charge in [-0.1, -0.05) is 19.8 Å². The molecule has 1 aliphatic heterocycles. The van der Waals surface area contributed by atoms with Gasteiger partial charge in [0.1, 0.15) is 0 Å². The van der Waals surface area contributed by atoms with Gasteiger partial charge in [0.2, 0.25) is 0 Å². The van der Waals surface area contributed by atoms with Crippen molar-refractivity contribution in [3.8, 4) is 0 Å². The van der Waals surface area contributed by atoms with Crippen molar-refractivity contribution in [3.63, 3.8) is 0 Å². The van der Waals surface area contributed by atoms with Crippen molar-refractivity contribution in [1.29, 1.82) is 0 Å². The van der Waals surface area contributed by atoms with Gasteiger partial charge in [-0.25, -0.2) is 4.79 Å². The molecule has 2 amide bonds. The van der Waals surface area contributed by atoms with Gasteiger partial charge in [-0.3, -0.25) is 0 Å². The fourth-order valence-electron chi connectivity index (χ4n) is 3.83. The summed E-state index contributed by atoms with van der Waals surface area (Å²) in [6.45, 7) is 6.39. The molecule has 2 fully saturated rings. The van der Waals surface area contributed by atoms with E-state index < -0.39 is 0 Å². The van der Waals surface area contributed by atoms with Crippen LogP contribution in [0.2, 0.25) is 0 Å². The van der Waals surface area contributed by atoms with E-state index in [0.717, 1.165) is 19.5 Å². The molecule has 0 radical (unpaired) electrons. The maximum absolute atomic E-state index is 12.4. The first kappa shape index (κ1) is 18.5. The lowest BCUT2D eigenvalue weighted by atomic mass is 9.86. The highest BCUT2D eigenvalue weighted by Gasteiger charge is 2.25. The summed E-state index contributed by atoms with van der Waals surface area (Å²) in [4.78, 5) is 19.1. The van der Waals surface area contributed by atoms with Crippen LogP contribution in [0, 0.1) is 5.92 Å². The third kappa shape index (κ3) is 5.64. The molecular formula is C18H36N4O. The predicted octanol–water partition coefficient (Wildman–Crippen LogP) is 2.23. The lowest BCUT2D eigenvalue weighted by Gasteiger charge is -2.36. The Kier molecular flexibility index (Phi) is 7.15. The number of carbonyl (C=O) groups is 1. The van der Waals surface area contributed by atoms with Crippen LogP contribution in [0.1, 0.15) is 45.4 Å². The molecule has 23 heavy (non-hydrogen) atoms. The first-order valence-electron chi connectivity index (χ1n) is 9.37. The first-order valence-corrected chi connectivity index (χ1v) is 9.37. The van der Waals surface area contributed by atoms with Gasteiger partial charge in [0, 0.05) is 32.2 Å². The van der Waals surface area contributed by atoms with E-state index in [0.29, 0.717) is 18.0 Å². The van der Waals surface area contributed by atoms with Crippen molar-refractivity contribution < 1.29 is 4.79 Å². The molecule has 1 aliphatic carbocycles. The Morgan fingerprint density at radius 3 is 2.39 bits per heavy atom. The quantitative estimate of drug-likeness (QED) is 0.843. The van der Waals surface area contributed by atoms with Crippen LogP contribution in [0.25, 0.3) is 0 Å². The molecular weight excluding hydrogens is 288 g/mol. The molecule has 1 N–H and O–H groups in total. The van der Waals surface area contributed by atoms with Crippen LogP contribution < -0.4 is 5.32 Å². The molecule has 0 aromatic heterocycles. The zero-order chi connectivity index (χ0) is 16.8. The molecule has 1 saturated heterocycles. The van der Waals surface area contributed by atoms with Gasteiger partial charge in [0.05, 0.1) is 0 Å². The second-order valence-corrected chi connectivity index (χ2v) is 7.75. The van der Waals surface area contributed by atoms with Crippen molar-refractivity contribution in [1.82, 2.24) is 20.0 Å². The van der Waals surface area contributed by atoms with Gasteiger partial charge in [-0.2, -0.15) is 0 Å². The van der Waals surface area contributed by atoms with E-state index in [2.05, 4.69) is 36.1 Å². The smallest absolute Gasteiger partial charge is 0.317 e. The molecule has 0 aromatic carbocycles. The number of amides is 2. The molecule has 0 bridgehead atoms. The number of nitrogens with one attached hydrogen (secondary N) is 1. The maximum atomic E-state index is 12.4. The van der Waals surface area contributed by atoms with E-state index in [4.69, 9.17) is 0 Å². The first-order chi connectivity index (χ1) is 11.0. The molecule has 5 heteroatoms. The molecule has 2 aliphatic rings. The number of hydrogen-bond acceptors (Lipinski definition) is 3. The monoisotopic (exact) mass is 324 g/mol. The van der Waals surface area contributed by atoms with E-state index in [-0.39, 0.29) is 6.03 Å². The number of likely N-dealkylation sites (N-methyl/N-ethyl adjacent to an activating group) is 2. The van der Waals surface area contributed by atoms with Crippen LogP contribution in [0.3, 0.4) is 0 Å². The summed E-state index contributed by atoms with van der Waals surface area (Å²) in [5.41, 5.74) is 0. The number of carbonyl (C=O) groups excluding carboxylic acids is 1. The third-order valence-electron chi connectivity index (χ3n) is 5.87. The SMILES string of the molecule is C[C@H]1CCCC[C@H]1NC(=O)N(C)CCN(C)C1CCN(C)CC1. The Morgan fingerprint density at radius 2 is 1.74 bits per heavy atom. The minimum Gasteiger partial charge on any atom is -0.335 e. The van der Waals surface area contributed by atoms with Crippen LogP contribution in [-0.2, 0) is 0 Å². The van der Waals surface area contributed by atoms with Crippen LogP contribution in [-0.4, -0.2) is 80.1 Å². The normalized spacial score (nSPS) is 27.2. The number of urea groups is 1. The molecule has 134 valence electrons. The van der Waals surface area contributed by atoms with E-state index in [1.807, 2.05) is 11.9 Å². The van der Waals surface area contributed by atoms with E-state index in [1.54, 1.807) is 0 Å². The average Bonchev–Trinajstić information content (AvgIpc) is 2.55. The second kappa shape index (κ2) is 8.88. The zero-order valence-electron chi connectivity index (χ0n) is 15.6. The van der Waals surface area contributed by atoms with Crippen molar-refractivity contribution in [2.24, 2.45) is 5.92 Å². The van der Waals surface area contributed by atoms with Crippen molar-refractivity contribution in [2.75, 3.05) is 47.3 Å². The maximum Gasteiger partial charge on any atom is 0.317 e. The molecule has 1 heterocycles. The number of rotatable bonds is 5. The molecule has 0 aromatic rings. The highest BCUT2D eigenvalue weighted by Crippen LogP contribution is 2.23. The van der Waals surface area contributed by atoms with Crippen molar-refractivity contribution >= 4 is 6.03 Å². The molecule has 2 atom stereocenters. The van der Waals surface area contributed by atoms with E-state index >= 15 is 0 Å². The molecule has 0 spiro atoms.